The number of aromatic nitrogens is 1. The van der Waals surface area contributed by atoms with E-state index in [1.165, 1.54) is 12.4 Å². The van der Waals surface area contributed by atoms with E-state index in [1.54, 1.807) is 24.3 Å². The number of pyridine rings is 1. The molecule has 18 heavy (non-hydrogen) atoms. The van der Waals surface area contributed by atoms with Crippen LogP contribution in [0.25, 0.3) is 0 Å². The van der Waals surface area contributed by atoms with Crippen molar-refractivity contribution in [1.82, 2.24) is 4.98 Å². The van der Waals surface area contributed by atoms with Crippen LogP contribution in [0.15, 0.2) is 36.7 Å². The number of hydrogen-bond acceptors (Lipinski definition) is 4. The van der Waals surface area contributed by atoms with Crippen LogP contribution in [0.3, 0.4) is 0 Å². The van der Waals surface area contributed by atoms with E-state index < -0.39 is 0 Å². The predicted octanol–water partition coefficient (Wildman–Crippen LogP) is 2.89. The second-order valence-corrected chi connectivity index (χ2v) is 3.95. The summed E-state index contributed by atoms with van der Waals surface area (Å²) >= 11 is 6.01. The summed E-state index contributed by atoms with van der Waals surface area (Å²) in [4.78, 5) is 3.88. The molecule has 0 saturated heterocycles. The van der Waals surface area contributed by atoms with Crippen LogP contribution < -0.4 is 4.74 Å². The Labute approximate surface area is 109 Å². The largest absolute Gasteiger partial charge is 0.454 e. The van der Waals surface area contributed by atoms with Crippen LogP contribution in [0, 0.1) is 11.3 Å². The highest BCUT2D eigenvalue weighted by Crippen LogP contribution is 2.30. The Morgan fingerprint density at radius 1 is 1.33 bits per heavy atom. The van der Waals surface area contributed by atoms with Gasteiger partial charge >= 0.3 is 0 Å². The van der Waals surface area contributed by atoms with Crippen molar-refractivity contribution in [2.45, 2.75) is 6.61 Å². The van der Waals surface area contributed by atoms with Gasteiger partial charge in [-0.1, -0.05) is 17.7 Å². The molecule has 5 heteroatoms. The van der Waals surface area contributed by atoms with Crippen molar-refractivity contribution in [2.24, 2.45) is 0 Å². The van der Waals surface area contributed by atoms with E-state index in [2.05, 4.69) is 4.98 Å². The number of rotatable bonds is 3. The van der Waals surface area contributed by atoms with Crippen molar-refractivity contribution in [2.75, 3.05) is 0 Å². The van der Waals surface area contributed by atoms with Crippen molar-refractivity contribution in [3.8, 4) is 17.6 Å². The Morgan fingerprint density at radius 2 is 2.17 bits per heavy atom. The summed E-state index contributed by atoms with van der Waals surface area (Å²) in [7, 11) is 0. The lowest BCUT2D eigenvalue weighted by Gasteiger charge is -2.08. The molecule has 0 atom stereocenters. The normalized spacial score (nSPS) is 9.83. The number of halogens is 1. The Hall–Kier alpha value is -2.09. The van der Waals surface area contributed by atoms with Crippen LogP contribution in [0.1, 0.15) is 11.1 Å². The molecule has 90 valence electrons. The molecular weight excluding hydrogens is 252 g/mol. The first kappa shape index (κ1) is 12.4. The molecule has 0 unspecified atom stereocenters. The fraction of sp³-hybridized carbons (Fsp3) is 0.0769. The number of benzene rings is 1. The highest BCUT2D eigenvalue weighted by molar-refractivity contribution is 6.32. The zero-order valence-electron chi connectivity index (χ0n) is 9.30. The highest BCUT2D eigenvalue weighted by Gasteiger charge is 2.05. The van der Waals surface area contributed by atoms with Crippen molar-refractivity contribution in [3.63, 3.8) is 0 Å². The van der Waals surface area contributed by atoms with Crippen LogP contribution in [0.5, 0.6) is 11.5 Å². The van der Waals surface area contributed by atoms with Gasteiger partial charge in [-0.15, -0.1) is 0 Å². The Balaban J connectivity index is 2.26. The van der Waals surface area contributed by atoms with E-state index in [4.69, 9.17) is 26.7 Å². The lowest BCUT2D eigenvalue weighted by molar-refractivity contribution is 0.281. The first-order chi connectivity index (χ1) is 8.72. The third-order valence-electron chi connectivity index (χ3n) is 2.25. The molecule has 1 aromatic heterocycles. The molecule has 0 spiro atoms. The van der Waals surface area contributed by atoms with Crippen molar-refractivity contribution >= 4 is 11.6 Å². The molecule has 0 bridgehead atoms. The number of nitriles is 1. The Morgan fingerprint density at radius 3 is 2.83 bits per heavy atom. The van der Waals surface area contributed by atoms with Gasteiger partial charge in [0, 0.05) is 12.3 Å². The smallest absolute Gasteiger partial charge is 0.147 e. The molecule has 0 aliphatic carbocycles. The number of aliphatic hydroxyl groups excluding tert-OH is 1. The van der Waals surface area contributed by atoms with Gasteiger partial charge in [0.25, 0.3) is 0 Å². The summed E-state index contributed by atoms with van der Waals surface area (Å²) in [5, 5.41) is 18.1. The van der Waals surface area contributed by atoms with E-state index in [0.29, 0.717) is 27.6 Å². The van der Waals surface area contributed by atoms with Gasteiger partial charge in [-0.05, 0) is 17.7 Å². The summed E-state index contributed by atoms with van der Waals surface area (Å²) < 4.78 is 5.52. The van der Waals surface area contributed by atoms with E-state index in [1.807, 2.05) is 6.07 Å². The van der Waals surface area contributed by atoms with Crippen LogP contribution in [0.4, 0.5) is 0 Å². The minimum absolute atomic E-state index is 0.0779. The van der Waals surface area contributed by atoms with Gasteiger partial charge in [-0.3, -0.25) is 4.98 Å². The van der Waals surface area contributed by atoms with E-state index in [-0.39, 0.29) is 6.61 Å². The summed E-state index contributed by atoms with van der Waals surface area (Å²) in [5.74, 6) is 0.887. The van der Waals surface area contributed by atoms with Crippen LogP contribution in [-0.4, -0.2) is 10.1 Å². The van der Waals surface area contributed by atoms with Gasteiger partial charge in [0.2, 0.25) is 0 Å². The van der Waals surface area contributed by atoms with E-state index in [0.717, 1.165) is 0 Å². The number of hydrogen-bond donors (Lipinski definition) is 1. The summed E-state index contributed by atoms with van der Waals surface area (Å²) in [6.07, 6.45) is 2.94. The molecule has 2 rings (SSSR count). The van der Waals surface area contributed by atoms with Gasteiger partial charge in [0.1, 0.15) is 17.6 Å². The topological polar surface area (TPSA) is 66.1 Å². The molecule has 4 nitrogen and oxygen atoms in total. The van der Waals surface area contributed by atoms with Gasteiger partial charge < -0.3 is 9.84 Å². The molecule has 0 amide bonds. The maximum Gasteiger partial charge on any atom is 0.147 e. The fourth-order valence-electron chi connectivity index (χ4n) is 1.39. The minimum Gasteiger partial charge on any atom is -0.454 e. The van der Waals surface area contributed by atoms with E-state index >= 15 is 0 Å². The molecule has 2 aromatic rings. The SMILES string of the molecule is N#Cc1cncc(Oc2ccc(CO)cc2Cl)c1. The third kappa shape index (κ3) is 2.77. The quantitative estimate of drug-likeness (QED) is 0.921. The maximum atomic E-state index is 8.97. The molecule has 0 aliphatic heterocycles. The van der Waals surface area contributed by atoms with Crippen molar-refractivity contribution < 1.29 is 9.84 Å². The average molecular weight is 261 g/mol. The fourth-order valence-corrected chi connectivity index (χ4v) is 1.63. The first-order valence-corrected chi connectivity index (χ1v) is 5.53. The third-order valence-corrected chi connectivity index (χ3v) is 2.54. The monoisotopic (exact) mass is 260 g/mol. The Kier molecular flexibility index (Phi) is 3.78. The van der Waals surface area contributed by atoms with Gasteiger partial charge in [0.15, 0.2) is 0 Å². The number of aliphatic hydroxyl groups is 1. The van der Waals surface area contributed by atoms with Crippen LogP contribution >= 0.6 is 11.6 Å². The minimum atomic E-state index is -0.0779. The molecule has 0 aliphatic rings. The number of nitrogens with zero attached hydrogens (tertiary/aromatic N) is 2. The van der Waals surface area contributed by atoms with Crippen molar-refractivity contribution in [3.05, 3.63) is 52.8 Å². The number of ether oxygens (including phenoxy) is 1. The molecular formula is C13H9ClN2O2. The molecule has 0 saturated carbocycles. The van der Waals surface area contributed by atoms with Crippen LogP contribution in [0.2, 0.25) is 5.02 Å². The second kappa shape index (κ2) is 5.50. The summed E-state index contributed by atoms with van der Waals surface area (Å²) in [5.41, 5.74) is 1.12. The predicted molar refractivity (Wildman–Crippen MR) is 66.4 cm³/mol. The molecule has 1 aromatic carbocycles. The lowest BCUT2D eigenvalue weighted by Crippen LogP contribution is -1.89. The zero-order valence-corrected chi connectivity index (χ0v) is 10.1. The van der Waals surface area contributed by atoms with Gasteiger partial charge in [-0.2, -0.15) is 5.26 Å². The molecule has 1 heterocycles. The standard InChI is InChI=1S/C13H9ClN2O2/c14-12-4-9(8-17)1-2-13(12)18-11-3-10(5-15)6-16-7-11/h1-4,6-7,17H,8H2. The molecule has 0 radical (unpaired) electrons. The van der Waals surface area contributed by atoms with Crippen LogP contribution in [-0.2, 0) is 6.61 Å². The Bertz CT molecular complexity index is 608. The zero-order chi connectivity index (χ0) is 13.0. The van der Waals surface area contributed by atoms with Gasteiger partial charge in [0.05, 0.1) is 23.4 Å². The first-order valence-electron chi connectivity index (χ1n) is 5.15. The second-order valence-electron chi connectivity index (χ2n) is 3.55. The maximum absolute atomic E-state index is 8.97. The summed E-state index contributed by atoms with van der Waals surface area (Å²) in [6.45, 7) is -0.0779. The highest BCUT2D eigenvalue weighted by atomic mass is 35.5. The average Bonchev–Trinajstić information content (AvgIpc) is 2.41. The van der Waals surface area contributed by atoms with Gasteiger partial charge in [-0.25, -0.2) is 0 Å². The molecule has 1 N–H and O–H groups in total. The lowest BCUT2D eigenvalue weighted by atomic mass is 10.2. The van der Waals surface area contributed by atoms with E-state index in [9.17, 15) is 0 Å². The molecule has 0 fully saturated rings. The summed E-state index contributed by atoms with van der Waals surface area (Å²) in [6, 6.07) is 8.54. The van der Waals surface area contributed by atoms with Crippen molar-refractivity contribution in [1.29, 1.82) is 5.26 Å².